The zero-order chi connectivity index (χ0) is 19.0. The highest BCUT2D eigenvalue weighted by Crippen LogP contribution is 2.40. The zero-order valence-electron chi connectivity index (χ0n) is 16.0. The Bertz CT molecular complexity index is 653. The maximum absolute atomic E-state index is 12.1. The molecule has 1 aliphatic rings. The number of nitrogens with one attached hydrogen (secondary N) is 1. The van der Waals surface area contributed by atoms with Crippen LogP contribution in [0.15, 0.2) is 6.20 Å². The first-order chi connectivity index (χ1) is 11.5. The van der Waals surface area contributed by atoms with Gasteiger partial charge in [0.2, 0.25) is 5.91 Å². The highest BCUT2D eigenvalue weighted by atomic mass is 28.4. The van der Waals surface area contributed by atoms with Gasteiger partial charge >= 0.3 is 5.97 Å². The van der Waals surface area contributed by atoms with Gasteiger partial charge in [0, 0.05) is 0 Å². The Morgan fingerprint density at radius 1 is 1.44 bits per heavy atom. The van der Waals surface area contributed by atoms with Crippen molar-refractivity contribution in [1.82, 2.24) is 20.3 Å². The van der Waals surface area contributed by atoms with Gasteiger partial charge in [-0.25, -0.2) is 9.48 Å². The molecule has 9 heteroatoms. The minimum Gasteiger partial charge on any atom is -0.461 e. The average Bonchev–Trinajstić information content (AvgIpc) is 2.92. The summed E-state index contributed by atoms with van der Waals surface area (Å²) in [5.74, 6) is -0.975. The molecule has 1 saturated heterocycles. The molecule has 1 aromatic rings. The van der Waals surface area contributed by atoms with Crippen LogP contribution in [0.2, 0.25) is 18.1 Å². The lowest BCUT2D eigenvalue weighted by molar-refractivity contribution is -0.144. The lowest BCUT2D eigenvalue weighted by Gasteiger charge is -2.45. The van der Waals surface area contributed by atoms with Crippen LogP contribution in [-0.4, -0.2) is 47.9 Å². The highest BCUT2D eigenvalue weighted by Gasteiger charge is 2.48. The molecule has 0 aromatic carbocycles. The topological polar surface area (TPSA) is 95.3 Å². The van der Waals surface area contributed by atoms with Gasteiger partial charge < -0.3 is 14.5 Å². The number of amides is 1. The molecule has 3 atom stereocenters. The minimum atomic E-state index is -2.00. The third kappa shape index (κ3) is 3.92. The van der Waals surface area contributed by atoms with Gasteiger partial charge in [-0.2, -0.15) is 0 Å². The smallest absolute Gasteiger partial charge is 0.360 e. The number of nitrogens with zero attached hydrogens (tertiary/aromatic N) is 3. The monoisotopic (exact) mass is 368 g/mol. The molecule has 1 amide bonds. The van der Waals surface area contributed by atoms with Crippen LogP contribution in [0, 0.1) is 5.92 Å². The van der Waals surface area contributed by atoms with E-state index >= 15 is 0 Å². The van der Waals surface area contributed by atoms with Gasteiger partial charge in [-0.1, -0.05) is 26.0 Å². The van der Waals surface area contributed by atoms with Crippen molar-refractivity contribution in [3.05, 3.63) is 11.9 Å². The molecule has 1 aromatic heterocycles. The first-order valence-electron chi connectivity index (χ1n) is 8.55. The van der Waals surface area contributed by atoms with Crippen molar-refractivity contribution in [2.75, 3.05) is 6.61 Å². The summed E-state index contributed by atoms with van der Waals surface area (Å²) in [5, 5.41) is 10.6. The number of β-lactam (4-membered cyclic amide) rings is 1. The lowest BCUT2D eigenvalue weighted by Crippen LogP contribution is -2.60. The van der Waals surface area contributed by atoms with Gasteiger partial charge in [-0.05, 0) is 32.0 Å². The standard InChI is InChI=1S/C16H28N4O4Si/c1-8-23-15(22)11-9-20(19-18-11)13-12(14(21)17-13)10(2)24-25(6,7)16(3,4)5/h9-10,12-13H,8H2,1-7H3,(H,17,21)/t10-,12-,13-/m1/s1. The van der Waals surface area contributed by atoms with Crippen LogP contribution in [0.4, 0.5) is 0 Å². The summed E-state index contributed by atoms with van der Waals surface area (Å²) in [6.45, 7) is 14.7. The van der Waals surface area contributed by atoms with Crippen molar-refractivity contribution < 1.29 is 18.8 Å². The molecule has 0 unspecified atom stereocenters. The highest BCUT2D eigenvalue weighted by molar-refractivity contribution is 6.74. The Kier molecular flexibility index (Phi) is 5.38. The Morgan fingerprint density at radius 2 is 2.08 bits per heavy atom. The van der Waals surface area contributed by atoms with E-state index in [1.54, 1.807) is 6.92 Å². The van der Waals surface area contributed by atoms with Gasteiger partial charge in [-0.15, -0.1) is 5.10 Å². The van der Waals surface area contributed by atoms with Crippen LogP contribution < -0.4 is 5.32 Å². The van der Waals surface area contributed by atoms with Crippen molar-refractivity contribution in [3.63, 3.8) is 0 Å². The summed E-state index contributed by atoms with van der Waals surface area (Å²) in [6, 6.07) is 0. The number of hydrogen-bond donors (Lipinski definition) is 1. The molecular formula is C16H28N4O4Si. The summed E-state index contributed by atoms with van der Waals surface area (Å²) in [7, 11) is -2.00. The van der Waals surface area contributed by atoms with E-state index in [1.165, 1.54) is 10.9 Å². The van der Waals surface area contributed by atoms with Crippen LogP contribution in [-0.2, 0) is 14.0 Å². The van der Waals surface area contributed by atoms with Crippen LogP contribution in [0.3, 0.4) is 0 Å². The fraction of sp³-hybridized carbons (Fsp3) is 0.750. The predicted octanol–water partition coefficient (Wildman–Crippen LogP) is 2.11. The second kappa shape index (κ2) is 6.87. The third-order valence-electron chi connectivity index (χ3n) is 5.01. The van der Waals surface area contributed by atoms with E-state index in [-0.39, 0.29) is 41.4 Å². The molecule has 25 heavy (non-hydrogen) atoms. The van der Waals surface area contributed by atoms with E-state index in [0.717, 1.165) is 0 Å². The Morgan fingerprint density at radius 3 is 2.60 bits per heavy atom. The number of aromatic nitrogens is 3. The minimum absolute atomic E-state index is 0.0569. The second-order valence-corrected chi connectivity index (χ2v) is 12.6. The SMILES string of the molecule is CCOC(=O)c1cn([C@H]2NC(=O)[C@@H]2[C@@H](C)O[Si](C)(C)C(C)(C)C)nn1. The van der Waals surface area contributed by atoms with Crippen LogP contribution in [0.5, 0.6) is 0 Å². The molecule has 0 saturated carbocycles. The number of rotatable bonds is 6. The van der Waals surface area contributed by atoms with E-state index in [0.29, 0.717) is 0 Å². The van der Waals surface area contributed by atoms with Crippen molar-refractivity contribution in [3.8, 4) is 0 Å². The Balaban J connectivity index is 2.11. The first-order valence-corrected chi connectivity index (χ1v) is 11.5. The molecule has 0 spiro atoms. The molecule has 140 valence electrons. The fourth-order valence-corrected chi connectivity index (χ4v) is 3.94. The summed E-state index contributed by atoms with van der Waals surface area (Å²) in [6.07, 6.45) is 0.867. The van der Waals surface area contributed by atoms with Crippen molar-refractivity contribution >= 4 is 20.2 Å². The van der Waals surface area contributed by atoms with Gasteiger partial charge in [0.25, 0.3) is 0 Å². The van der Waals surface area contributed by atoms with Crippen LogP contribution in [0.1, 0.15) is 51.3 Å². The Labute approximate surface area is 149 Å². The normalized spacial score (nSPS) is 22.1. The van der Waals surface area contributed by atoms with E-state index in [2.05, 4.69) is 49.5 Å². The number of carbonyl (C=O) groups is 2. The van der Waals surface area contributed by atoms with Crippen molar-refractivity contribution in [2.24, 2.45) is 5.92 Å². The fourth-order valence-electron chi connectivity index (χ4n) is 2.51. The zero-order valence-corrected chi connectivity index (χ0v) is 17.0. The molecule has 1 fully saturated rings. The molecular weight excluding hydrogens is 340 g/mol. The van der Waals surface area contributed by atoms with Gasteiger partial charge in [-0.3, -0.25) is 4.79 Å². The maximum atomic E-state index is 12.1. The molecule has 0 aliphatic carbocycles. The Hall–Kier alpha value is -1.74. The largest absolute Gasteiger partial charge is 0.461 e. The van der Waals surface area contributed by atoms with Crippen LogP contribution >= 0.6 is 0 Å². The van der Waals surface area contributed by atoms with Crippen molar-refractivity contribution in [1.29, 1.82) is 0 Å². The van der Waals surface area contributed by atoms with E-state index in [4.69, 9.17) is 9.16 Å². The summed E-state index contributed by atoms with van der Waals surface area (Å²) in [4.78, 5) is 23.8. The average molecular weight is 369 g/mol. The quantitative estimate of drug-likeness (QED) is 0.469. The summed E-state index contributed by atoms with van der Waals surface area (Å²) >= 11 is 0. The maximum Gasteiger partial charge on any atom is 0.360 e. The number of ether oxygens (including phenoxy) is 1. The van der Waals surface area contributed by atoms with Gasteiger partial charge in [0.05, 0.1) is 18.9 Å². The lowest BCUT2D eigenvalue weighted by atomic mass is 9.92. The second-order valence-electron chi connectivity index (χ2n) is 7.87. The summed E-state index contributed by atoms with van der Waals surface area (Å²) in [5.41, 5.74) is 0.125. The predicted molar refractivity (Wildman–Crippen MR) is 94.4 cm³/mol. The molecule has 2 rings (SSSR count). The van der Waals surface area contributed by atoms with E-state index in [9.17, 15) is 9.59 Å². The molecule has 8 nitrogen and oxygen atoms in total. The molecule has 0 bridgehead atoms. The number of esters is 1. The number of hydrogen-bond acceptors (Lipinski definition) is 6. The van der Waals surface area contributed by atoms with Gasteiger partial charge in [0.15, 0.2) is 14.0 Å². The van der Waals surface area contributed by atoms with E-state index < -0.39 is 14.3 Å². The number of carbonyl (C=O) groups excluding carboxylic acids is 2. The first kappa shape index (κ1) is 19.6. The van der Waals surface area contributed by atoms with E-state index in [1.807, 2.05) is 6.92 Å². The van der Waals surface area contributed by atoms with Gasteiger partial charge in [0.1, 0.15) is 12.1 Å². The molecule has 0 radical (unpaired) electrons. The van der Waals surface area contributed by atoms with Crippen molar-refractivity contribution in [2.45, 2.75) is 65.0 Å². The molecule has 2 heterocycles. The molecule has 1 aliphatic heterocycles. The van der Waals surface area contributed by atoms with Crippen LogP contribution in [0.25, 0.3) is 0 Å². The molecule has 1 N–H and O–H groups in total. The third-order valence-corrected chi connectivity index (χ3v) is 9.58. The summed E-state index contributed by atoms with van der Waals surface area (Å²) < 4.78 is 12.7.